The van der Waals surface area contributed by atoms with Gasteiger partial charge in [-0.05, 0) is 23.8 Å². The second-order valence-electron chi connectivity index (χ2n) is 5.95. The molecule has 1 saturated heterocycles. The minimum absolute atomic E-state index is 0.219. The Morgan fingerprint density at radius 2 is 2.00 bits per heavy atom. The first-order valence-corrected chi connectivity index (χ1v) is 8.50. The van der Waals surface area contributed by atoms with Crippen molar-refractivity contribution < 1.29 is 14.3 Å². The highest BCUT2D eigenvalue weighted by Gasteiger charge is 2.54. The molecule has 24 heavy (non-hydrogen) atoms. The van der Waals surface area contributed by atoms with Crippen molar-refractivity contribution in [2.24, 2.45) is 0 Å². The molecule has 2 aliphatic heterocycles. The lowest BCUT2D eigenvalue weighted by Gasteiger charge is -2.33. The van der Waals surface area contributed by atoms with Gasteiger partial charge in [0.2, 0.25) is 0 Å². The molecule has 0 aromatic heterocycles. The van der Waals surface area contributed by atoms with Gasteiger partial charge in [-0.15, -0.1) is 0 Å². The van der Waals surface area contributed by atoms with Crippen LogP contribution >= 0.6 is 15.9 Å². The Bertz CT molecular complexity index is 839. The molecular formula is C18H15BrN2O3. The van der Waals surface area contributed by atoms with Crippen LogP contribution < -0.4 is 10.1 Å². The molecule has 0 bridgehead atoms. The molecule has 5 nitrogen and oxygen atoms in total. The monoisotopic (exact) mass is 386 g/mol. The van der Waals surface area contributed by atoms with Crippen LogP contribution in [0, 0.1) is 0 Å². The summed E-state index contributed by atoms with van der Waals surface area (Å²) in [5.74, 6) is 0.435. The number of carbonyl (C=O) groups is 2. The molecule has 0 saturated carbocycles. The fraction of sp³-hybridized carbons (Fsp3) is 0.222. The smallest absolute Gasteiger partial charge is 0.325 e. The number of ether oxygens (including phenoxy) is 1. The molecule has 122 valence electrons. The summed E-state index contributed by atoms with van der Waals surface area (Å²) in [6.07, 6.45) is 0.434. The molecule has 1 atom stereocenters. The first-order chi connectivity index (χ1) is 11.6. The number of imide groups is 1. The van der Waals surface area contributed by atoms with Crippen LogP contribution in [-0.2, 0) is 16.9 Å². The summed E-state index contributed by atoms with van der Waals surface area (Å²) < 4.78 is 6.55. The molecule has 1 fully saturated rings. The van der Waals surface area contributed by atoms with E-state index in [2.05, 4.69) is 21.2 Å². The Morgan fingerprint density at radius 1 is 1.17 bits per heavy atom. The fourth-order valence-electron chi connectivity index (χ4n) is 3.33. The van der Waals surface area contributed by atoms with E-state index in [-0.39, 0.29) is 18.5 Å². The third-order valence-corrected chi connectivity index (χ3v) is 4.98. The molecule has 1 N–H and O–H groups in total. The van der Waals surface area contributed by atoms with Crippen molar-refractivity contribution in [2.75, 3.05) is 6.61 Å². The van der Waals surface area contributed by atoms with Crippen LogP contribution in [0.15, 0.2) is 53.0 Å². The molecule has 6 heteroatoms. The molecule has 2 aliphatic rings. The number of hydrogen-bond donors (Lipinski definition) is 1. The molecule has 2 aromatic carbocycles. The van der Waals surface area contributed by atoms with Gasteiger partial charge in [-0.2, -0.15) is 0 Å². The van der Waals surface area contributed by atoms with Gasteiger partial charge in [-0.3, -0.25) is 9.69 Å². The largest absolute Gasteiger partial charge is 0.493 e. The average Bonchev–Trinajstić information content (AvgIpc) is 2.80. The molecule has 2 aromatic rings. The lowest BCUT2D eigenvalue weighted by Crippen LogP contribution is -2.47. The molecule has 2 heterocycles. The summed E-state index contributed by atoms with van der Waals surface area (Å²) in [6, 6.07) is 14.6. The van der Waals surface area contributed by atoms with Crippen LogP contribution in [0.5, 0.6) is 5.75 Å². The number of carbonyl (C=O) groups excluding carboxylic acids is 2. The molecule has 3 amide bonds. The van der Waals surface area contributed by atoms with Gasteiger partial charge in [0.15, 0.2) is 5.54 Å². The minimum atomic E-state index is -1.02. The molecule has 0 radical (unpaired) electrons. The van der Waals surface area contributed by atoms with Gasteiger partial charge in [0.25, 0.3) is 5.91 Å². The first kappa shape index (κ1) is 15.2. The zero-order chi connectivity index (χ0) is 16.7. The number of fused-ring (bicyclic) bond motifs is 2. The lowest BCUT2D eigenvalue weighted by molar-refractivity contribution is -0.133. The van der Waals surface area contributed by atoms with Crippen LogP contribution in [0.4, 0.5) is 4.79 Å². The van der Waals surface area contributed by atoms with E-state index in [1.165, 1.54) is 4.90 Å². The first-order valence-electron chi connectivity index (χ1n) is 7.71. The van der Waals surface area contributed by atoms with Crippen molar-refractivity contribution in [3.63, 3.8) is 0 Å². The maximum absolute atomic E-state index is 13.1. The Labute approximate surface area is 147 Å². The lowest BCUT2D eigenvalue weighted by atomic mass is 9.84. The summed E-state index contributed by atoms with van der Waals surface area (Å²) in [4.78, 5) is 26.9. The molecule has 1 spiro atoms. The predicted molar refractivity (Wildman–Crippen MR) is 91.5 cm³/mol. The van der Waals surface area contributed by atoms with Gasteiger partial charge in [-0.1, -0.05) is 46.3 Å². The van der Waals surface area contributed by atoms with E-state index in [9.17, 15) is 9.59 Å². The molecule has 4 rings (SSSR count). The molecule has 1 unspecified atom stereocenters. The highest BCUT2D eigenvalue weighted by molar-refractivity contribution is 9.10. The standard InChI is InChI=1S/C18H15BrN2O3/c19-13-5-3-4-12(10-13)11-21-16(22)18(20-17(21)23)8-9-24-15-7-2-1-6-14(15)18/h1-7,10H,8-9,11H2,(H,20,23). The van der Waals surface area contributed by atoms with E-state index in [1.807, 2.05) is 48.5 Å². The van der Waals surface area contributed by atoms with Gasteiger partial charge >= 0.3 is 6.03 Å². The number of nitrogens with one attached hydrogen (secondary N) is 1. The zero-order valence-electron chi connectivity index (χ0n) is 12.8. The number of nitrogens with zero attached hydrogens (tertiary/aromatic N) is 1. The van der Waals surface area contributed by atoms with Crippen molar-refractivity contribution in [3.05, 3.63) is 64.1 Å². The molecular weight excluding hydrogens is 372 g/mol. The Balaban J connectivity index is 1.70. The maximum atomic E-state index is 13.1. The van der Waals surface area contributed by atoms with E-state index in [4.69, 9.17) is 4.74 Å². The van der Waals surface area contributed by atoms with E-state index >= 15 is 0 Å². The summed E-state index contributed by atoms with van der Waals surface area (Å²) >= 11 is 3.41. The third kappa shape index (κ3) is 2.29. The summed E-state index contributed by atoms with van der Waals surface area (Å²) in [5, 5.41) is 2.91. The van der Waals surface area contributed by atoms with E-state index in [0.717, 1.165) is 15.6 Å². The van der Waals surface area contributed by atoms with E-state index in [0.29, 0.717) is 18.8 Å². The normalized spacial score (nSPS) is 22.3. The Kier molecular flexibility index (Phi) is 3.57. The van der Waals surface area contributed by atoms with Crippen LogP contribution in [0.25, 0.3) is 0 Å². The maximum Gasteiger partial charge on any atom is 0.325 e. The average molecular weight is 387 g/mol. The zero-order valence-corrected chi connectivity index (χ0v) is 14.4. The second kappa shape index (κ2) is 5.63. The Morgan fingerprint density at radius 3 is 2.83 bits per heavy atom. The topological polar surface area (TPSA) is 58.6 Å². The van der Waals surface area contributed by atoms with Gasteiger partial charge in [-0.25, -0.2) is 4.79 Å². The van der Waals surface area contributed by atoms with E-state index in [1.54, 1.807) is 0 Å². The quantitative estimate of drug-likeness (QED) is 0.806. The van der Waals surface area contributed by atoms with Crippen molar-refractivity contribution in [3.8, 4) is 5.75 Å². The van der Waals surface area contributed by atoms with Gasteiger partial charge in [0.1, 0.15) is 5.75 Å². The number of benzene rings is 2. The number of halogens is 1. The van der Waals surface area contributed by atoms with Crippen LogP contribution in [0.3, 0.4) is 0 Å². The van der Waals surface area contributed by atoms with Crippen LogP contribution in [0.1, 0.15) is 17.5 Å². The van der Waals surface area contributed by atoms with Crippen molar-refractivity contribution in [1.29, 1.82) is 0 Å². The summed E-state index contributed by atoms with van der Waals surface area (Å²) in [7, 11) is 0. The van der Waals surface area contributed by atoms with Crippen molar-refractivity contribution in [1.82, 2.24) is 10.2 Å². The highest BCUT2D eigenvalue weighted by Crippen LogP contribution is 2.41. The number of hydrogen-bond acceptors (Lipinski definition) is 3. The summed E-state index contributed by atoms with van der Waals surface area (Å²) in [5.41, 5.74) is 0.606. The summed E-state index contributed by atoms with van der Waals surface area (Å²) in [6.45, 7) is 0.642. The van der Waals surface area contributed by atoms with Gasteiger partial charge in [0.05, 0.1) is 13.2 Å². The van der Waals surface area contributed by atoms with E-state index < -0.39 is 5.54 Å². The van der Waals surface area contributed by atoms with Gasteiger partial charge < -0.3 is 10.1 Å². The SMILES string of the molecule is O=C1NC2(CCOc3ccccc32)C(=O)N1Cc1cccc(Br)c1. The number of rotatable bonds is 2. The Hall–Kier alpha value is -2.34. The number of amides is 3. The fourth-order valence-corrected chi connectivity index (χ4v) is 3.78. The van der Waals surface area contributed by atoms with Crippen LogP contribution in [0.2, 0.25) is 0 Å². The number of para-hydroxylation sites is 1. The van der Waals surface area contributed by atoms with Gasteiger partial charge in [0, 0.05) is 16.5 Å². The predicted octanol–water partition coefficient (Wildman–Crippen LogP) is 3.18. The highest BCUT2D eigenvalue weighted by atomic mass is 79.9. The van der Waals surface area contributed by atoms with Crippen LogP contribution in [-0.4, -0.2) is 23.4 Å². The number of urea groups is 1. The third-order valence-electron chi connectivity index (χ3n) is 4.49. The van der Waals surface area contributed by atoms with Crippen molar-refractivity contribution >= 4 is 27.9 Å². The second-order valence-corrected chi connectivity index (χ2v) is 6.87. The molecule has 0 aliphatic carbocycles. The minimum Gasteiger partial charge on any atom is -0.493 e. The van der Waals surface area contributed by atoms with Crippen molar-refractivity contribution in [2.45, 2.75) is 18.5 Å².